The van der Waals surface area contributed by atoms with Crippen molar-refractivity contribution in [3.8, 4) is 0 Å². The molecule has 0 radical (unpaired) electrons. The van der Waals surface area contributed by atoms with E-state index in [1.54, 1.807) is 0 Å². The number of hydrogen-bond acceptors (Lipinski definition) is 41. The van der Waals surface area contributed by atoms with Crippen LogP contribution in [0.2, 0.25) is 0 Å². The van der Waals surface area contributed by atoms with Crippen LogP contribution in [0, 0.1) is 29.6 Å². The van der Waals surface area contributed by atoms with Crippen LogP contribution in [0.25, 0.3) is 0 Å². The van der Waals surface area contributed by atoms with Gasteiger partial charge in [0.05, 0.1) is 112 Å². The number of halogens is 5. The molecule has 0 saturated heterocycles. The SMILES string of the molecule is O=P([O-])(O)OCC(CNF)COP(=O)([O-])OCCOP(=O)([O-])OCC(CNF)COP(=O)([O-])OCCOP(=O)([O-])OCC(CNF)COP(=O)([O-])OCCOP(=O)([O-])OCC(CNF)COP(=O)([O-])OCCOP(=O)([O-])OCC(CO)CNF. The van der Waals surface area contributed by atoms with Crippen LogP contribution < -0.4 is 71.7 Å². The summed E-state index contributed by atoms with van der Waals surface area (Å²) in [7, 11) is -48.1. The molecule has 0 aromatic heterocycles. The van der Waals surface area contributed by atoms with Crippen LogP contribution in [-0.4, -0.2) is 162 Å². The van der Waals surface area contributed by atoms with Crippen molar-refractivity contribution in [1.82, 2.24) is 27.7 Å². The van der Waals surface area contributed by atoms with E-state index in [-0.39, 0.29) is 0 Å². The lowest BCUT2D eigenvalue weighted by Gasteiger charge is -2.29. The van der Waals surface area contributed by atoms with Crippen molar-refractivity contribution >= 4 is 70.4 Å². The molecule has 56 heteroatoms. The van der Waals surface area contributed by atoms with Gasteiger partial charge in [0.2, 0.25) is 0 Å². The summed E-state index contributed by atoms with van der Waals surface area (Å²) in [4.78, 5) is 116. The molecule has 0 aliphatic carbocycles. The first-order chi connectivity index (χ1) is 38.9. The van der Waals surface area contributed by atoms with E-state index in [1.807, 2.05) is 0 Å². The van der Waals surface area contributed by atoms with Crippen LogP contribution in [-0.2, 0) is 118 Å². The molecule has 0 bridgehead atoms. The normalized spacial score (nSPS) is 20.7. The Hall–Kier alpha value is 0.400. The van der Waals surface area contributed by atoms with E-state index in [9.17, 15) is 108 Å². The molecule has 0 heterocycles. The van der Waals surface area contributed by atoms with Crippen molar-refractivity contribution in [1.29, 1.82) is 0 Å². The summed E-state index contributed by atoms with van der Waals surface area (Å²) in [5, 5.41) is 9.01. The predicted octanol–water partition coefficient (Wildman–Crippen LogP) is -5.08. The van der Waals surface area contributed by atoms with Crippen LogP contribution in [0.4, 0.5) is 22.4 Å². The Morgan fingerprint density at radius 2 is 0.417 bits per heavy atom. The lowest BCUT2D eigenvalue weighted by molar-refractivity contribution is -0.237. The minimum atomic E-state index is -5.45. The fraction of sp³-hybridized carbons (Fsp3) is 1.00. The van der Waals surface area contributed by atoms with Gasteiger partial charge in [0.1, 0.15) is 0 Å². The maximum atomic E-state index is 12.9. The number of nitrogens with one attached hydrogen (secondary N) is 5. The van der Waals surface area contributed by atoms with E-state index in [2.05, 4.69) is 76.9 Å². The minimum Gasteiger partial charge on any atom is -0.756 e. The molecule has 0 spiro atoms. The van der Waals surface area contributed by atoms with Crippen molar-refractivity contribution < 1.29 is 194 Å². The number of phosphoric ester groups is 9. The van der Waals surface area contributed by atoms with Gasteiger partial charge in [-0.05, 0) is 0 Å². The largest absolute Gasteiger partial charge is 0.756 e. The molecule has 14 unspecified atom stereocenters. The summed E-state index contributed by atoms with van der Waals surface area (Å²) < 4.78 is 245. The highest BCUT2D eigenvalue weighted by Gasteiger charge is 2.25. The quantitative estimate of drug-likeness (QED) is 0.0130. The Kier molecular flexibility index (Phi) is 43.5. The van der Waals surface area contributed by atoms with Crippen molar-refractivity contribution in [2.75, 3.05) is 152 Å². The Bertz CT molecular complexity index is 2270. The number of rotatable bonds is 58. The maximum absolute atomic E-state index is 12.9. The molecule has 0 fully saturated rings. The monoisotopic (exact) mass is 1430 g/mol. The lowest BCUT2D eigenvalue weighted by Crippen LogP contribution is -2.28. The van der Waals surface area contributed by atoms with Crippen LogP contribution in [0.1, 0.15) is 0 Å². The Morgan fingerprint density at radius 3 is 0.560 bits per heavy atom. The molecule has 0 rings (SSSR count). The zero-order valence-corrected chi connectivity index (χ0v) is 50.8. The highest BCUT2D eigenvalue weighted by molar-refractivity contribution is 7.47. The second kappa shape index (κ2) is 43.3. The maximum Gasteiger partial charge on any atom is 0.267 e. The number of phosphoric acid groups is 9. The van der Waals surface area contributed by atoms with Gasteiger partial charge in [0.25, 0.3) is 70.4 Å². The first-order valence-electron chi connectivity index (χ1n) is 22.7. The number of aliphatic hydroxyl groups excluding tert-OH is 1. The fourth-order valence-corrected chi connectivity index (χ4v) is 11.2. The average molecular weight is 1430 g/mol. The van der Waals surface area contributed by atoms with E-state index < -0.39 is 252 Å². The number of hydrogen-bond donors (Lipinski definition) is 7. The molecule has 14 atom stereocenters. The van der Waals surface area contributed by atoms with E-state index >= 15 is 0 Å². The number of aliphatic hydroxyl groups is 1. The van der Waals surface area contributed by atoms with Crippen LogP contribution in [0.5, 0.6) is 0 Å². The average Bonchev–Trinajstić information content (AvgIpc) is 3.48. The summed E-state index contributed by atoms with van der Waals surface area (Å²) >= 11 is 0. The second-order valence-electron chi connectivity index (χ2n) is 15.6. The molecule has 42 nitrogen and oxygen atoms in total. The second-order valence-corrected chi connectivity index (χ2v) is 28.1. The van der Waals surface area contributed by atoms with Gasteiger partial charge in [0.15, 0.2) is 0 Å². The van der Waals surface area contributed by atoms with Gasteiger partial charge in [-0.15, -0.1) is 22.4 Å². The van der Waals surface area contributed by atoms with E-state index in [4.69, 9.17) is 10.00 Å². The molecule has 0 aromatic rings. The molecule has 506 valence electrons. The summed E-state index contributed by atoms with van der Waals surface area (Å²) in [5.41, 5.74) is 5.47. The van der Waals surface area contributed by atoms with Crippen molar-refractivity contribution in [2.24, 2.45) is 29.6 Å². The zero-order valence-electron chi connectivity index (χ0n) is 42.7. The van der Waals surface area contributed by atoms with Crippen LogP contribution in [0.15, 0.2) is 0 Å². The molecule has 0 aromatic carbocycles. The van der Waals surface area contributed by atoms with Gasteiger partial charge in [-0.3, -0.25) is 41.1 Å². The molecule has 0 saturated carbocycles. The fourth-order valence-electron chi connectivity index (χ4n) is 4.65. The van der Waals surface area contributed by atoms with E-state index in [1.165, 1.54) is 5.54 Å². The van der Waals surface area contributed by atoms with Gasteiger partial charge in [-0.1, -0.05) is 0 Å². The third-order valence-electron chi connectivity index (χ3n) is 8.64. The molecule has 7 N–H and O–H groups in total. The summed E-state index contributed by atoms with van der Waals surface area (Å²) in [6.07, 6.45) is 0. The van der Waals surface area contributed by atoms with Crippen LogP contribution in [0.3, 0.4) is 0 Å². The van der Waals surface area contributed by atoms with Crippen molar-refractivity contribution in [2.45, 2.75) is 0 Å². The Balaban J connectivity index is 4.80. The molecular formula is C28H58F5N5O37P9-9. The first-order valence-corrected chi connectivity index (χ1v) is 35.8. The third-order valence-corrected chi connectivity index (χ3v) is 16.8. The van der Waals surface area contributed by atoms with Gasteiger partial charge in [-0.25, -0.2) is 0 Å². The van der Waals surface area contributed by atoms with Crippen molar-refractivity contribution in [3.05, 3.63) is 0 Å². The molecule has 0 aliphatic rings. The highest BCUT2D eigenvalue weighted by Crippen LogP contribution is 2.46. The van der Waals surface area contributed by atoms with E-state index in [0.717, 1.165) is 22.2 Å². The zero-order chi connectivity index (χ0) is 64.2. The van der Waals surface area contributed by atoms with Gasteiger partial charge in [-0.2, -0.15) is 27.7 Å². The van der Waals surface area contributed by atoms with Gasteiger partial charge < -0.3 is 131 Å². The Morgan fingerprint density at radius 1 is 0.274 bits per heavy atom. The smallest absolute Gasteiger partial charge is 0.267 e. The molecule has 0 aliphatic heterocycles. The lowest BCUT2D eigenvalue weighted by atomic mass is 10.2. The Labute approximate surface area is 472 Å². The summed E-state index contributed by atoms with van der Waals surface area (Å²) in [6.45, 7) is -22.0. The van der Waals surface area contributed by atoms with Crippen molar-refractivity contribution in [3.63, 3.8) is 0 Å². The summed E-state index contributed by atoms with van der Waals surface area (Å²) in [5.74, 6) is -6.75. The predicted molar refractivity (Wildman–Crippen MR) is 242 cm³/mol. The van der Waals surface area contributed by atoms with Gasteiger partial charge >= 0.3 is 0 Å². The standard InChI is InChI=1S/C28H67F5N5O37P9/c29-34-9-24(14-39)15-68-77(43,44)59-1-2-61-79(47,48)70-18-26(11-36-31)19-72-81(51,52)63-5-6-65-83(55,56)74-22-28(13-38-33)23-75-84(57,58)66-8-7-64-82(53,54)73-21-27(12-37-32)20-71-80(49,50)62-4-3-60-78(45,46)69-17-25(10-35-30)16-67-76(40,41)42/h24-28,34-39H,1-23H2,(H,43,44)(H,45,46)(H,47,48)(H,49,50)(H,51,52)(H,53,54)(H,55,56)(H,57,58)(H2,40,41,42)/p-9. The highest BCUT2D eigenvalue weighted by atomic mass is 31.2. The summed E-state index contributed by atoms with van der Waals surface area (Å²) in [6, 6.07) is 0. The van der Waals surface area contributed by atoms with Gasteiger partial charge in [0, 0.05) is 68.9 Å². The van der Waals surface area contributed by atoms with Crippen LogP contribution >= 0.6 is 70.4 Å². The topological polar surface area (TPSA) is 619 Å². The molecule has 0 amide bonds. The third kappa shape index (κ3) is 47.3. The minimum absolute atomic E-state index is 0.480. The first kappa shape index (κ1) is 84.4. The molecular weight excluding hydrogens is 1370 g/mol. The molecule has 84 heavy (non-hydrogen) atoms. The van der Waals surface area contributed by atoms with E-state index in [0.29, 0.717) is 0 Å².